The van der Waals surface area contributed by atoms with Crippen LogP contribution in [0.5, 0.6) is 11.5 Å². The summed E-state index contributed by atoms with van der Waals surface area (Å²) in [6.07, 6.45) is 1.59. The smallest absolute Gasteiger partial charge is 0.262 e. The van der Waals surface area contributed by atoms with Crippen LogP contribution in [0.2, 0.25) is 0 Å². The second-order valence-electron chi connectivity index (χ2n) is 7.02. The molecule has 6 nitrogen and oxygen atoms in total. The zero-order valence-electron chi connectivity index (χ0n) is 15.3. The topological polar surface area (TPSA) is 67.9 Å². The number of nitrogens with one attached hydrogen (secondary N) is 1. The van der Waals surface area contributed by atoms with Gasteiger partial charge in [0.05, 0.1) is 12.3 Å². The fourth-order valence-electron chi connectivity index (χ4n) is 3.47. The number of likely N-dealkylation sites (tertiary alicyclic amines) is 1. The minimum atomic E-state index is -0.362. The number of anilines is 1. The minimum Gasteiger partial charge on any atom is -0.490 e. The molecular formula is C21H21FN2O4. The number of rotatable bonds is 4. The van der Waals surface area contributed by atoms with Gasteiger partial charge in [0.1, 0.15) is 5.75 Å². The van der Waals surface area contributed by atoms with Crippen molar-refractivity contribution in [3.63, 3.8) is 0 Å². The Morgan fingerprint density at radius 1 is 1.21 bits per heavy atom. The molecule has 2 heterocycles. The van der Waals surface area contributed by atoms with Gasteiger partial charge in [-0.2, -0.15) is 0 Å². The number of piperidine rings is 1. The van der Waals surface area contributed by atoms with E-state index in [9.17, 15) is 14.0 Å². The summed E-state index contributed by atoms with van der Waals surface area (Å²) in [5, 5.41) is 2.72. The van der Waals surface area contributed by atoms with Crippen LogP contribution in [0, 0.1) is 11.7 Å². The van der Waals surface area contributed by atoms with E-state index in [0.29, 0.717) is 36.7 Å². The summed E-state index contributed by atoms with van der Waals surface area (Å²) in [5.74, 6) is 0.446. The van der Waals surface area contributed by atoms with E-state index in [1.54, 1.807) is 41.3 Å². The van der Waals surface area contributed by atoms with Gasteiger partial charge in [0.15, 0.2) is 18.2 Å². The highest BCUT2D eigenvalue weighted by Gasteiger charge is 2.25. The van der Waals surface area contributed by atoms with E-state index in [2.05, 4.69) is 5.32 Å². The molecule has 2 aromatic carbocycles. The highest BCUT2D eigenvalue weighted by molar-refractivity contribution is 5.99. The van der Waals surface area contributed by atoms with Gasteiger partial charge in [-0.3, -0.25) is 9.59 Å². The van der Waals surface area contributed by atoms with Gasteiger partial charge in [0, 0.05) is 18.7 Å². The van der Waals surface area contributed by atoms with E-state index in [-0.39, 0.29) is 35.9 Å². The molecule has 2 aliphatic rings. The lowest BCUT2D eigenvalue weighted by Gasteiger charge is -2.32. The van der Waals surface area contributed by atoms with Crippen molar-refractivity contribution in [2.45, 2.75) is 12.8 Å². The summed E-state index contributed by atoms with van der Waals surface area (Å²) in [5.41, 5.74) is 1.04. The van der Waals surface area contributed by atoms with Crippen LogP contribution in [0.3, 0.4) is 0 Å². The van der Waals surface area contributed by atoms with Crippen LogP contribution in [0.25, 0.3) is 0 Å². The lowest BCUT2D eigenvalue weighted by Crippen LogP contribution is -2.39. The number of para-hydroxylation sites is 1. The second-order valence-corrected chi connectivity index (χ2v) is 7.02. The Bertz CT molecular complexity index is 894. The van der Waals surface area contributed by atoms with E-state index in [4.69, 9.17) is 9.47 Å². The maximum absolute atomic E-state index is 13.6. The first kappa shape index (κ1) is 18.3. The maximum Gasteiger partial charge on any atom is 0.262 e. The quantitative estimate of drug-likeness (QED) is 0.880. The number of benzene rings is 2. The molecule has 2 aromatic rings. The molecule has 7 heteroatoms. The molecule has 0 aliphatic carbocycles. The van der Waals surface area contributed by atoms with Gasteiger partial charge in [-0.05, 0) is 49.1 Å². The number of amides is 2. The molecule has 1 fully saturated rings. The van der Waals surface area contributed by atoms with Crippen LogP contribution < -0.4 is 14.8 Å². The highest BCUT2D eigenvalue weighted by atomic mass is 19.1. The van der Waals surface area contributed by atoms with Crippen molar-refractivity contribution < 1.29 is 23.5 Å². The standard InChI is InChI=1S/C21H21FN2O4/c22-16-3-1-2-4-18(16)27-12-14-7-9-24(10-8-14)21(26)15-5-6-19-17(11-15)23-20(25)13-28-19/h1-6,11,14H,7-10,12-13H2,(H,23,25). The number of hydrogen-bond acceptors (Lipinski definition) is 4. The highest BCUT2D eigenvalue weighted by Crippen LogP contribution is 2.29. The van der Waals surface area contributed by atoms with Gasteiger partial charge in [-0.1, -0.05) is 12.1 Å². The van der Waals surface area contributed by atoms with E-state index in [0.717, 1.165) is 12.8 Å². The van der Waals surface area contributed by atoms with Crippen molar-refractivity contribution in [1.82, 2.24) is 4.90 Å². The molecule has 0 radical (unpaired) electrons. The molecule has 146 valence electrons. The van der Waals surface area contributed by atoms with Gasteiger partial charge in [-0.15, -0.1) is 0 Å². The van der Waals surface area contributed by atoms with Crippen LogP contribution in [0.15, 0.2) is 42.5 Å². The molecule has 2 amide bonds. The lowest BCUT2D eigenvalue weighted by atomic mass is 9.97. The first-order valence-corrected chi connectivity index (χ1v) is 9.33. The van der Waals surface area contributed by atoms with Crippen molar-refractivity contribution in [2.24, 2.45) is 5.92 Å². The number of carbonyl (C=O) groups is 2. The first-order chi connectivity index (χ1) is 13.6. The number of nitrogens with zero attached hydrogens (tertiary/aromatic N) is 1. The Balaban J connectivity index is 1.32. The Kier molecular flexibility index (Phi) is 5.14. The summed E-state index contributed by atoms with van der Waals surface area (Å²) in [6, 6.07) is 11.4. The fraction of sp³-hybridized carbons (Fsp3) is 0.333. The van der Waals surface area contributed by atoms with Crippen molar-refractivity contribution in [2.75, 3.05) is 31.6 Å². The predicted octanol–water partition coefficient (Wildman–Crippen LogP) is 3.09. The van der Waals surface area contributed by atoms with Gasteiger partial charge in [0.25, 0.3) is 11.8 Å². The molecule has 2 aliphatic heterocycles. The number of carbonyl (C=O) groups excluding carboxylic acids is 2. The van der Waals surface area contributed by atoms with Crippen LogP contribution in [0.1, 0.15) is 23.2 Å². The molecule has 0 aromatic heterocycles. The third kappa shape index (κ3) is 3.93. The molecule has 0 spiro atoms. The fourth-order valence-corrected chi connectivity index (χ4v) is 3.47. The molecule has 1 saturated heterocycles. The number of hydrogen-bond donors (Lipinski definition) is 1. The average molecular weight is 384 g/mol. The van der Waals surface area contributed by atoms with E-state index in [1.165, 1.54) is 6.07 Å². The van der Waals surface area contributed by atoms with Gasteiger partial charge < -0.3 is 19.7 Å². The van der Waals surface area contributed by atoms with Gasteiger partial charge >= 0.3 is 0 Å². The summed E-state index contributed by atoms with van der Waals surface area (Å²) >= 11 is 0. The zero-order valence-corrected chi connectivity index (χ0v) is 15.3. The SMILES string of the molecule is O=C1COc2ccc(C(=O)N3CCC(COc4ccccc4F)CC3)cc2N1. The van der Waals surface area contributed by atoms with Crippen molar-refractivity contribution in [1.29, 1.82) is 0 Å². The van der Waals surface area contributed by atoms with Crippen LogP contribution in [0.4, 0.5) is 10.1 Å². The Labute approximate surface area is 162 Å². The van der Waals surface area contributed by atoms with Gasteiger partial charge in [0.2, 0.25) is 0 Å². The zero-order chi connectivity index (χ0) is 19.5. The Morgan fingerprint density at radius 3 is 2.79 bits per heavy atom. The number of halogens is 1. The Morgan fingerprint density at radius 2 is 2.00 bits per heavy atom. The maximum atomic E-state index is 13.6. The van der Waals surface area contributed by atoms with E-state index in [1.807, 2.05) is 0 Å². The summed E-state index contributed by atoms with van der Waals surface area (Å²) < 4.78 is 24.6. The van der Waals surface area contributed by atoms with E-state index >= 15 is 0 Å². The minimum absolute atomic E-state index is 0.0112. The first-order valence-electron chi connectivity index (χ1n) is 9.33. The molecule has 4 rings (SSSR count). The molecular weight excluding hydrogens is 363 g/mol. The van der Waals surface area contributed by atoms with Gasteiger partial charge in [-0.25, -0.2) is 4.39 Å². The number of ether oxygens (including phenoxy) is 2. The Hall–Kier alpha value is -3.09. The largest absolute Gasteiger partial charge is 0.490 e. The molecule has 0 unspecified atom stereocenters. The molecule has 0 atom stereocenters. The molecule has 28 heavy (non-hydrogen) atoms. The van der Waals surface area contributed by atoms with Crippen molar-refractivity contribution >= 4 is 17.5 Å². The monoisotopic (exact) mass is 384 g/mol. The summed E-state index contributed by atoms with van der Waals surface area (Å²) in [6.45, 7) is 1.65. The van der Waals surface area contributed by atoms with Crippen LogP contribution in [-0.4, -0.2) is 43.0 Å². The molecule has 0 bridgehead atoms. The second kappa shape index (κ2) is 7.88. The predicted molar refractivity (Wildman–Crippen MR) is 101 cm³/mol. The molecule has 0 saturated carbocycles. The van der Waals surface area contributed by atoms with Crippen molar-refractivity contribution in [3.8, 4) is 11.5 Å². The normalized spacial score (nSPS) is 16.8. The van der Waals surface area contributed by atoms with Crippen LogP contribution in [-0.2, 0) is 4.79 Å². The van der Waals surface area contributed by atoms with Crippen molar-refractivity contribution in [3.05, 3.63) is 53.8 Å². The molecule has 1 N–H and O–H groups in total. The third-order valence-electron chi connectivity index (χ3n) is 5.07. The summed E-state index contributed by atoms with van der Waals surface area (Å²) in [4.78, 5) is 26.1. The third-order valence-corrected chi connectivity index (χ3v) is 5.07. The average Bonchev–Trinajstić information content (AvgIpc) is 2.72. The summed E-state index contributed by atoms with van der Waals surface area (Å²) in [7, 11) is 0. The lowest BCUT2D eigenvalue weighted by molar-refractivity contribution is -0.118. The number of fused-ring (bicyclic) bond motifs is 1. The van der Waals surface area contributed by atoms with E-state index < -0.39 is 0 Å². The van der Waals surface area contributed by atoms with Crippen LogP contribution >= 0.6 is 0 Å².